The van der Waals surface area contributed by atoms with Gasteiger partial charge in [-0.05, 0) is 50.2 Å². The van der Waals surface area contributed by atoms with Gasteiger partial charge in [-0.2, -0.15) is 12.6 Å². The minimum atomic E-state index is 0.451. The largest absolute Gasteiger partial charge is 0.378 e. The monoisotopic (exact) mass is 228 g/mol. The van der Waals surface area contributed by atoms with E-state index in [0.717, 1.165) is 18.3 Å². The Balaban J connectivity index is 1.69. The van der Waals surface area contributed by atoms with Crippen molar-refractivity contribution >= 4 is 12.6 Å². The summed E-state index contributed by atoms with van der Waals surface area (Å²) in [5.74, 6) is 1.93. The van der Waals surface area contributed by atoms with Crippen molar-refractivity contribution in [1.29, 1.82) is 0 Å². The second-order valence-corrected chi connectivity index (χ2v) is 6.02. The van der Waals surface area contributed by atoms with Crippen molar-refractivity contribution in [3.63, 3.8) is 0 Å². The number of hydrogen-bond acceptors (Lipinski definition) is 2. The SMILES string of the molecule is CC1CCC(OCC2(CS)CCC2)CC1. The molecule has 2 heteroatoms. The first-order chi connectivity index (χ1) is 7.24. The summed E-state index contributed by atoms with van der Waals surface area (Å²) in [5, 5.41) is 0. The van der Waals surface area contributed by atoms with E-state index in [0.29, 0.717) is 11.5 Å². The molecule has 2 saturated carbocycles. The van der Waals surface area contributed by atoms with Gasteiger partial charge in [0.15, 0.2) is 0 Å². The summed E-state index contributed by atoms with van der Waals surface area (Å²) >= 11 is 4.46. The van der Waals surface area contributed by atoms with Gasteiger partial charge in [0, 0.05) is 5.41 Å². The summed E-state index contributed by atoms with van der Waals surface area (Å²) in [4.78, 5) is 0. The molecule has 2 aliphatic carbocycles. The van der Waals surface area contributed by atoms with Crippen LogP contribution in [0, 0.1) is 11.3 Å². The van der Waals surface area contributed by atoms with Crippen LogP contribution in [0.1, 0.15) is 51.9 Å². The topological polar surface area (TPSA) is 9.23 Å². The van der Waals surface area contributed by atoms with Crippen LogP contribution in [0.5, 0.6) is 0 Å². The molecule has 88 valence electrons. The minimum absolute atomic E-state index is 0.451. The minimum Gasteiger partial charge on any atom is -0.378 e. The van der Waals surface area contributed by atoms with Crippen molar-refractivity contribution in [2.75, 3.05) is 12.4 Å². The summed E-state index contributed by atoms with van der Waals surface area (Å²) in [6, 6.07) is 0. The summed E-state index contributed by atoms with van der Waals surface area (Å²) in [6.07, 6.45) is 9.88. The Morgan fingerprint density at radius 3 is 2.33 bits per heavy atom. The lowest BCUT2D eigenvalue weighted by molar-refractivity contribution is -0.0490. The van der Waals surface area contributed by atoms with Gasteiger partial charge < -0.3 is 4.74 Å². The summed E-state index contributed by atoms with van der Waals surface area (Å²) in [6.45, 7) is 3.33. The van der Waals surface area contributed by atoms with Crippen LogP contribution in [0.15, 0.2) is 0 Å². The lowest BCUT2D eigenvalue weighted by atomic mass is 9.71. The van der Waals surface area contributed by atoms with Crippen molar-refractivity contribution in [2.24, 2.45) is 11.3 Å². The van der Waals surface area contributed by atoms with Crippen molar-refractivity contribution in [2.45, 2.75) is 58.0 Å². The Bertz CT molecular complexity index is 187. The maximum Gasteiger partial charge on any atom is 0.0575 e. The van der Waals surface area contributed by atoms with E-state index >= 15 is 0 Å². The third kappa shape index (κ3) is 2.91. The maximum absolute atomic E-state index is 6.08. The Labute approximate surface area is 99.4 Å². The number of rotatable bonds is 4. The highest BCUT2D eigenvalue weighted by molar-refractivity contribution is 7.80. The van der Waals surface area contributed by atoms with Crippen molar-refractivity contribution in [1.82, 2.24) is 0 Å². The van der Waals surface area contributed by atoms with Gasteiger partial charge in [-0.3, -0.25) is 0 Å². The molecule has 0 N–H and O–H groups in total. The normalized spacial score (nSPS) is 34.8. The third-order valence-corrected chi connectivity index (χ3v) is 5.01. The van der Waals surface area contributed by atoms with Crippen LogP contribution in [-0.2, 0) is 4.74 Å². The van der Waals surface area contributed by atoms with E-state index in [-0.39, 0.29) is 0 Å². The third-order valence-electron chi connectivity index (χ3n) is 4.34. The van der Waals surface area contributed by atoms with Gasteiger partial charge in [-0.1, -0.05) is 13.3 Å². The standard InChI is InChI=1S/C13H24OS/c1-11-3-5-12(6-4-11)14-9-13(10-15)7-2-8-13/h11-12,15H,2-10H2,1H3. The molecule has 2 fully saturated rings. The van der Waals surface area contributed by atoms with Crippen LogP contribution in [0.3, 0.4) is 0 Å². The van der Waals surface area contributed by atoms with E-state index in [1.165, 1.54) is 44.9 Å². The van der Waals surface area contributed by atoms with Gasteiger partial charge in [-0.15, -0.1) is 0 Å². The predicted molar refractivity (Wildman–Crippen MR) is 67.5 cm³/mol. The molecule has 0 spiro atoms. The molecule has 1 nitrogen and oxygen atoms in total. The van der Waals surface area contributed by atoms with Gasteiger partial charge in [-0.25, -0.2) is 0 Å². The smallest absolute Gasteiger partial charge is 0.0575 e. The highest BCUT2D eigenvalue weighted by Crippen LogP contribution is 2.42. The first-order valence-electron chi connectivity index (χ1n) is 6.47. The first-order valence-corrected chi connectivity index (χ1v) is 7.10. The van der Waals surface area contributed by atoms with Crippen LogP contribution in [0.4, 0.5) is 0 Å². The zero-order valence-corrected chi connectivity index (χ0v) is 10.8. The first kappa shape index (κ1) is 11.8. The zero-order valence-electron chi connectivity index (χ0n) is 9.87. The Kier molecular flexibility index (Phi) is 4.00. The molecule has 0 unspecified atom stereocenters. The van der Waals surface area contributed by atoms with Crippen LogP contribution in [0.2, 0.25) is 0 Å². The predicted octanol–water partition coefficient (Wildman–Crippen LogP) is 3.68. The highest BCUT2D eigenvalue weighted by atomic mass is 32.1. The van der Waals surface area contributed by atoms with Crippen molar-refractivity contribution < 1.29 is 4.74 Å². The van der Waals surface area contributed by atoms with E-state index in [9.17, 15) is 0 Å². The maximum atomic E-state index is 6.08. The molecule has 0 atom stereocenters. The Morgan fingerprint density at radius 1 is 1.20 bits per heavy atom. The molecule has 0 saturated heterocycles. The van der Waals surface area contributed by atoms with E-state index in [1.807, 2.05) is 0 Å². The van der Waals surface area contributed by atoms with E-state index in [2.05, 4.69) is 19.6 Å². The summed E-state index contributed by atoms with van der Waals surface area (Å²) < 4.78 is 6.08. The molecule has 0 aromatic rings. The molecule has 0 heterocycles. The average molecular weight is 228 g/mol. The van der Waals surface area contributed by atoms with Crippen LogP contribution >= 0.6 is 12.6 Å². The molecule has 2 aliphatic rings. The lowest BCUT2D eigenvalue weighted by Gasteiger charge is -2.42. The molecular formula is C13H24OS. The van der Waals surface area contributed by atoms with Crippen molar-refractivity contribution in [3.05, 3.63) is 0 Å². The summed E-state index contributed by atoms with van der Waals surface area (Å²) in [7, 11) is 0. The van der Waals surface area contributed by atoms with E-state index < -0.39 is 0 Å². The number of hydrogen-bond donors (Lipinski definition) is 1. The molecule has 15 heavy (non-hydrogen) atoms. The fourth-order valence-electron chi connectivity index (χ4n) is 2.72. The molecular weight excluding hydrogens is 204 g/mol. The average Bonchev–Trinajstić information content (AvgIpc) is 2.20. The van der Waals surface area contributed by atoms with Gasteiger partial charge in [0.1, 0.15) is 0 Å². The van der Waals surface area contributed by atoms with Crippen LogP contribution in [0.25, 0.3) is 0 Å². The molecule has 0 amide bonds. The number of thiol groups is 1. The molecule has 0 aliphatic heterocycles. The van der Waals surface area contributed by atoms with Gasteiger partial charge in [0.25, 0.3) is 0 Å². The highest BCUT2D eigenvalue weighted by Gasteiger charge is 2.36. The Morgan fingerprint density at radius 2 is 1.87 bits per heavy atom. The van der Waals surface area contributed by atoms with Gasteiger partial charge in [0.2, 0.25) is 0 Å². The second kappa shape index (κ2) is 5.09. The zero-order chi connectivity index (χ0) is 10.7. The molecule has 0 bridgehead atoms. The number of ether oxygens (including phenoxy) is 1. The van der Waals surface area contributed by atoms with Crippen LogP contribution < -0.4 is 0 Å². The molecule has 2 rings (SSSR count). The Hall–Kier alpha value is 0.310. The van der Waals surface area contributed by atoms with Gasteiger partial charge >= 0.3 is 0 Å². The molecule has 0 aromatic heterocycles. The molecule has 0 radical (unpaired) electrons. The quantitative estimate of drug-likeness (QED) is 0.722. The lowest BCUT2D eigenvalue weighted by Crippen LogP contribution is -2.38. The van der Waals surface area contributed by atoms with Gasteiger partial charge in [0.05, 0.1) is 12.7 Å². The van der Waals surface area contributed by atoms with E-state index in [1.54, 1.807) is 0 Å². The van der Waals surface area contributed by atoms with E-state index in [4.69, 9.17) is 4.74 Å². The summed E-state index contributed by atoms with van der Waals surface area (Å²) in [5.41, 5.74) is 0.451. The second-order valence-electron chi connectivity index (χ2n) is 5.70. The fourth-order valence-corrected chi connectivity index (χ4v) is 3.12. The van der Waals surface area contributed by atoms with Crippen LogP contribution in [-0.4, -0.2) is 18.5 Å². The van der Waals surface area contributed by atoms with Crippen molar-refractivity contribution in [3.8, 4) is 0 Å². The fraction of sp³-hybridized carbons (Fsp3) is 1.00. The molecule has 0 aromatic carbocycles.